The second-order valence-corrected chi connectivity index (χ2v) is 8.35. The Morgan fingerprint density at radius 2 is 1.90 bits per heavy atom. The maximum Gasteiger partial charge on any atom is 0.258 e. The van der Waals surface area contributed by atoms with E-state index in [-0.39, 0.29) is 17.9 Å². The second-order valence-electron chi connectivity index (χ2n) is 8.35. The summed E-state index contributed by atoms with van der Waals surface area (Å²) < 4.78 is 20.6. The lowest BCUT2D eigenvalue weighted by Crippen LogP contribution is -2.30. The number of benzene rings is 1. The highest BCUT2D eigenvalue weighted by molar-refractivity contribution is 5.63. The Kier molecular flexibility index (Phi) is 5.11. The quantitative estimate of drug-likeness (QED) is 0.675. The Hall–Kier alpha value is -2.97. The van der Waals surface area contributed by atoms with E-state index < -0.39 is 5.82 Å². The predicted octanol–water partition coefficient (Wildman–Crippen LogP) is 1.87. The van der Waals surface area contributed by atoms with Gasteiger partial charge in [0.1, 0.15) is 5.65 Å². The third-order valence-corrected chi connectivity index (χ3v) is 6.43. The Morgan fingerprint density at radius 3 is 2.58 bits per heavy atom. The Morgan fingerprint density at radius 1 is 1.13 bits per heavy atom. The van der Waals surface area contributed by atoms with E-state index in [1.807, 2.05) is 18.3 Å². The fourth-order valence-corrected chi connectivity index (χ4v) is 4.88. The molecule has 31 heavy (non-hydrogen) atoms. The molecule has 1 N–H and O–H groups in total. The van der Waals surface area contributed by atoms with Gasteiger partial charge in [0.15, 0.2) is 11.6 Å². The molecule has 0 aliphatic carbocycles. The first-order valence-electron chi connectivity index (χ1n) is 10.5. The first-order valence-corrected chi connectivity index (χ1v) is 10.5. The van der Waals surface area contributed by atoms with Crippen LogP contribution in [0.3, 0.4) is 0 Å². The summed E-state index contributed by atoms with van der Waals surface area (Å²) in [6.07, 6.45) is 1.84. The SMILES string of the molecule is COc1ccc(-c2cc(=O)n3cc(N4CC5CN(CCO)CC5C4)ccc3n2)cc1F. The molecule has 162 valence electrons. The van der Waals surface area contributed by atoms with Crippen molar-refractivity contribution >= 4 is 11.3 Å². The molecule has 2 fully saturated rings. The molecule has 0 bridgehead atoms. The van der Waals surface area contributed by atoms with Gasteiger partial charge in [0, 0.05) is 50.6 Å². The zero-order valence-corrected chi connectivity index (χ0v) is 17.4. The summed E-state index contributed by atoms with van der Waals surface area (Å²) in [5, 5.41) is 9.16. The smallest absolute Gasteiger partial charge is 0.258 e. The normalized spacial score (nSPS) is 21.1. The summed E-state index contributed by atoms with van der Waals surface area (Å²) >= 11 is 0. The molecule has 2 aromatic heterocycles. The van der Waals surface area contributed by atoms with Crippen LogP contribution in [-0.2, 0) is 0 Å². The Labute approximate surface area is 179 Å². The van der Waals surface area contributed by atoms with Crippen molar-refractivity contribution in [2.45, 2.75) is 0 Å². The number of hydrogen-bond acceptors (Lipinski definition) is 6. The molecule has 2 aliphatic rings. The lowest BCUT2D eigenvalue weighted by Gasteiger charge is -2.23. The monoisotopic (exact) mass is 424 g/mol. The van der Waals surface area contributed by atoms with Crippen molar-refractivity contribution in [2.24, 2.45) is 11.8 Å². The molecule has 2 atom stereocenters. The first kappa shape index (κ1) is 20.0. The van der Waals surface area contributed by atoms with Crippen molar-refractivity contribution in [3.63, 3.8) is 0 Å². The summed E-state index contributed by atoms with van der Waals surface area (Å²) in [5.41, 5.74) is 2.28. The second kappa shape index (κ2) is 7.94. The van der Waals surface area contributed by atoms with Crippen LogP contribution in [-0.4, -0.2) is 65.8 Å². The number of nitrogens with zero attached hydrogens (tertiary/aromatic N) is 4. The highest BCUT2D eigenvalue weighted by Gasteiger charge is 2.39. The van der Waals surface area contributed by atoms with E-state index in [4.69, 9.17) is 9.84 Å². The van der Waals surface area contributed by atoms with E-state index in [1.165, 1.54) is 25.3 Å². The molecule has 0 spiro atoms. The number of aliphatic hydroxyl groups excluding tert-OH is 1. The number of fused-ring (bicyclic) bond motifs is 2. The van der Waals surface area contributed by atoms with E-state index >= 15 is 0 Å². The summed E-state index contributed by atoms with van der Waals surface area (Å²) in [6, 6.07) is 9.82. The minimum absolute atomic E-state index is 0.153. The third kappa shape index (κ3) is 3.66. The largest absolute Gasteiger partial charge is 0.494 e. The molecule has 2 unspecified atom stereocenters. The number of aliphatic hydroxyl groups is 1. The van der Waals surface area contributed by atoms with Crippen LogP contribution in [0.4, 0.5) is 10.1 Å². The number of rotatable bonds is 5. The van der Waals surface area contributed by atoms with Crippen LogP contribution in [0, 0.1) is 17.7 Å². The number of anilines is 1. The number of β-amino-alcohol motifs (C(OH)–C–C–N with tert-alkyl or cyclic N) is 1. The minimum atomic E-state index is -0.491. The fourth-order valence-electron chi connectivity index (χ4n) is 4.88. The summed E-state index contributed by atoms with van der Waals surface area (Å²) in [6.45, 7) is 4.86. The molecule has 5 rings (SSSR count). The molecule has 2 saturated heterocycles. The number of ether oxygens (including phenoxy) is 1. The van der Waals surface area contributed by atoms with Gasteiger partial charge in [-0.2, -0.15) is 0 Å². The van der Waals surface area contributed by atoms with Crippen molar-refractivity contribution in [1.82, 2.24) is 14.3 Å². The molecule has 4 heterocycles. The summed E-state index contributed by atoms with van der Waals surface area (Å²) in [5.74, 6) is 0.837. The number of hydrogen-bond donors (Lipinski definition) is 1. The van der Waals surface area contributed by atoms with Crippen LogP contribution in [0.2, 0.25) is 0 Å². The molecule has 0 radical (unpaired) electrons. The van der Waals surface area contributed by atoms with Gasteiger partial charge in [-0.25, -0.2) is 9.37 Å². The number of aromatic nitrogens is 2. The summed E-state index contributed by atoms with van der Waals surface area (Å²) in [7, 11) is 1.41. The first-order chi connectivity index (χ1) is 15.1. The van der Waals surface area contributed by atoms with Crippen molar-refractivity contribution < 1.29 is 14.2 Å². The van der Waals surface area contributed by atoms with Crippen LogP contribution in [0.25, 0.3) is 16.9 Å². The highest BCUT2D eigenvalue weighted by Crippen LogP contribution is 2.34. The molecular weight excluding hydrogens is 399 g/mol. The van der Waals surface area contributed by atoms with E-state index in [0.29, 0.717) is 28.7 Å². The Bertz CT molecular complexity index is 1170. The average molecular weight is 424 g/mol. The van der Waals surface area contributed by atoms with Gasteiger partial charge in [0.05, 0.1) is 25.1 Å². The number of halogens is 1. The molecule has 2 aliphatic heterocycles. The molecule has 0 amide bonds. The molecule has 3 aromatic rings. The fraction of sp³-hybridized carbons (Fsp3) is 0.391. The van der Waals surface area contributed by atoms with Gasteiger partial charge in [0.2, 0.25) is 0 Å². The van der Waals surface area contributed by atoms with E-state index in [9.17, 15) is 9.18 Å². The van der Waals surface area contributed by atoms with Crippen LogP contribution in [0.5, 0.6) is 5.75 Å². The van der Waals surface area contributed by atoms with Gasteiger partial charge in [-0.3, -0.25) is 9.20 Å². The van der Waals surface area contributed by atoms with Gasteiger partial charge in [0.25, 0.3) is 5.56 Å². The molecular formula is C23H25FN4O3. The number of methoxy groups -OCH3 is 1. The molecule has 0 saturated carbocycles. The van der Waals surface area contributed by atoms with Gasteiger partial charge in [-0.1, -0.05) is 0 Å². The van der Waals surface area contributed by atoms with E-state index in [2.05, 4.69) is 14.8 Å². The highest BCUT2D eigenvalue weighted by atomic mass is 19.1. The van der Waals surface area contributed by atoms with E-state index in [0.717, 1.165) is 38.4 Å². The van der Waals surface area contributed by atoms with Crippen molar-refractivity contribution in [2.75, 3.05) is 51.3 Å². The van der Waals surface area contributed by atoms with Crippen molar-refractivity contribution in [1.29, 1.82) is 0 Å². The van der Waals surface area contributed by atoms with E-state index in [1.54, 1.807) is 10.5 Å². The van der Waals surface area contributed by atoms with Gasteiger partial charge >= 0.3 is 0 Å². The average Bonchev–Trinajstić information content (AvgIpc) is 3.32. The third-order valence-electron chi connectivity index (χ3n) is 6.43. The zero-order chi connectivity index (χ0) is 21.5. The van der Waals surface area contributed by atoms with Crippen molar-refractivity contribution in [3.8, 4) is 17.0 Å². The van der Waals surface area contributed by atoms with Crippen LogP contribution >= 0.6 is 0 Å². The zero-order valence-electron chi connectivity index (χ0n) is 17.4. The van der Waals surface area contributed by atoms with Gasteiger partial charge in [-0.15, -0.1) is 0 Å². The topological polar surface area (TPSA) is 70.3 Å². The van der Waals surface area contributed by atoms with Gasteiger partial charge < -0.3 is 19.6 Å². The Balaban J connectivity index is 1.40. The van der Waals surface area contributed by atoms with Crippen molar-refractivity contribution in [3.05, 3.63) is 58.8 Å². The maximum absolute atomic E-state index is 14.1. The maximum atomic E-state index is 14.1. The lowest BCUT2D eigenvalue weighted by molar-refractivity contribution is 0.214. The standard InChI is InChI=1S/C23H25FN4O3/c1-31-21-4-2-15(8-19(21)24)20-9-23(30)28-14-18(3-5-22(28)25-20)27-12-16-10-26(6-7-29)11-17(16)13-27/h2-5,8-9,14,16-17,29H,6-7,10-13H2,1H3. The summed E-state index contributed by atoms with van der Waals surface area (Å²) in [4.78, 5) is 22.0. The number of pyridine rings is 1. The van der Waals surface area contributed by atoms with Crippen LogP contribution in [0.15, 0.2) is 47.4 Å². The molecule has 7 nitrogen and oxygen atoms in total. The van der Waals surface area contributed by atoms with Gasteiger partial charge in [-0.05, 0) is 42.2 Å². The lowest BCUT2D eigenvalue weighted by atomic mass is 10.0. The molecule has 8 heteroatoms. The molecule has 1 aromatic carbocycles. The van der Waals surface area contributed by atoms with Crippen LogP contribution in [0.1, 0.15) is 0 Å². The number of likely N-dealkylation sites (tertiary alicyclic amines) is 1. The van der Waals surface area contributed by atoms with Crippen LogP contribution < -0.4 is 15.2 Å². The minimum Gasteiger partial charge on any atom is -0.494 e. The predicted molar refractivity (Wildman–Crippen MR) is 116 cm³/mol.